The van der Waals surface area contributed by atoms with Gasteiger partial charge in [-0.05, 0) is 23.6 Å². The van der Waals surface area contributed by atoms with E-state index in [9.17, 15) is 4.79 Å². The molecule has 0 saturated carbocycles. The van der Waals surface area contributed by atoms with E-state index >= 15 is 0 Å². The number of nitrogens with one attached hydrogen (secondary N) is 1. The number of carbonyl (C=O) groups is 1. The normalized spacial score (nSPS) is 15.3. The lowest BCUT2D eigenvalue weighted by Gasteiger charge is -2.35. The number of hydrogen-bond donors (Lipinski definition) is 1. The van der Waals surface area contributed by atoms with Crippen LogP contribution < -0.4 is 10.2 Å². The number of aromatic nitrogens is 2. The molecule has 1 N–H and O–H groups in total. The summed E-state index contributed by atoms with van der Waals surface area (Å²) in [7, 11) is 0. The molecule has 3 rings (SSSR count). The van der Waals surface area contributed by atoms with Gasteiger partial charge in [0.15, 0.2) is 11.5 Å². The van der Waals surface area contributed by atoms with Crippen LogP contribution in [0, 0.1) is 5.92 Å². The fourth-order valence-electron chi connectivity index (χ4n) is 2.98. The summed E-state index contributed by atoms with van der Waals surface area (Å²) in [4.78, 5) is 16.7. The fourth-order valence-corrected chi connectivity index (χ4v) is 2.98. The van der Waals surface area contributed by atoms with Crippen molar-refractivity contribution in [2.75, 3.05) is 37.6 Å². The Morgan fingerprint density at radius 2 is 1.77 bits per heavy atom. The van der Waals surface area contributed by atoms with E-state index in [1.165, 1.54) is 5.56 Å². The maximum atomic E-state index is 12.0. The van der Waals surface area contributed by atoms with Crippen molar-refractivity contribution in [1.29, 1.82) is 0 Å². The Kier molecular flexibility index (Phi) is 6.17. The predicted molar refractivity (Wildman–Crippen MR) is 103 cm³/mol. The molecule has 1 aromatic carbocycles. The van der Waals surface area contributed by atoms with E-state index in [0.29, 0.717) is 18.2 Å². The number of nitrogens with zero attached hydrogens (tertiary/aromatic N) is 4. The maximum Gasteiger partial charge on any atom is 0.271 e. The topological polar surface area (TPSA) is 61.4 Å². The summed E-state index contributed by atoms with van der Waals surface area (Å²) in [5.41, 5.74) is 1.72. The molecule has 1 aliphatic rings. The van der Waals surface area contributed by atoms with Gasteiger partial charge in [0.1, 0.15) is 0 Å². The second-order valence-electron chi connectivity index (χ2n) is 7.13. The number of anilines is 1. The smallest absolute Gasteiger partial charge is 0.271 e. The largest absolute Gasteiger partial charge is 0.353 e. The summed E-state index contributed by atoms with van der Waals surface area (Å²) >= 11 is 0. The summed E-state index contributed by atoms with van der Waals surface area (Å²) in [6.07, 6.45) is 0. The van der Waals surface area contributed by atoms with Crippen molar-refractivity contribution < 1.29 is 4.79 Å². The Morgan fingerprint density at radius 3 is 2.38 bits per heavy atom. The van der Waals surface area contributed by atoms with Gasteiger partial charge in [-0.25, -0.2) is 0 Å². The zero-order chi connectivity index (χ0) is 18.4. The highest BCUT2D eigenvalue weighted by Crippen LogP contribution is 2.14. The SMILES string of the molecule is CC(C)CNC(=O)c1ccc(N2CCN(Cc3ccccc3)CC2)nn1. The highest BCUT2D eigenvalue weighted by molar-refractivity contribution is 5.92. The summed E-state index contributed by atoms with van der Waals surface area (Å²) in [5, 5.41) is 11.2. The van der Waals surface area contributed by atoms with Crippen LogP contribution in [0.25, 0.3) is 0 Å². The van der Waals surface area contributed by atoms with Gasteiger partial charge in [-0.1, -0.05) is 44.2 Å². The lowest BCUT2D eigenvalue weighted by Crippen LogP contribution is -2.46. The molecule has 0 aliphatic carbocycles. The minimum Gasteiger partial charge on any atom is -0.353 e. The van der Waals surface area contributed by atoms with Crippen LogP contribution in [-0.2, 0) is 6.54 Å². The number of piperazine rings is 1. The fraction of sp³-hybridized carbons (Fsp3) is 0.450. The second kappa shape index (κ2) is 8.76. The Labute approximate surface area is 155 Å². The lowest BCUT2D eigenvalue weighted by atomic mass is 10.2. The standard InChI is InChI=1S/C20H27N5O/c1-16(2)14-21-20(26)18-8-9-19(23-22-18)25-12-10-24(11-13-25)15-17-6-4-3-5-7-17/h3-9,16H,10-15H2,1-2H3,(H,21,26). The highest BCUT2D eigenvalue weighted by atomic mass is 16.1. The van der Waals surface area contributed by atoms with Crippen molar-refractivity contribution in [2.24, 2.45) is 5.92 Å². The Hall–Kier alpha value is -2.47. The van der Waals surface area contributed by atoms with E-state index < -0.39 is 0 Å². The van der Waals surface area contributed by atoms with Gasteiger partial charge in [0.05, 0.1) is 0 Å². The average molecular weight is 353 g/mol. The van der Waals surface area contributed by atoms with Crippen LogP contribution in [0.2, 0.25) is 0 Å². The van der Waals surface area contributed by atoms with Gasteiger partial charge in [0.2, 0.25) is 0 Å². The lowest BCUT2D eigenvalue weighted by molar-refractivity contribution is 0.0943. The molecule has 138 valence electrons. The molecule has 2 aromatic rings. The van der Waals surface area contributed by atoms with Crippen LogP contribution in [0.15, 0.2) is 42.5 Å². The van der Waals surface area contributed by atoms with E-state index in [2.05, 4.69) is 63.4 Å². The third-order valence-corrected chi connectivity index (χ3v) is 4.50. The molecule has 0 atom stereocenters. The second-order valence-corrected chi connectivity index (χ2v) is 7.13. The molecule has 2 heterocycles. The third-order valence-electron chi connectivity index (χ3n) is 4.50. The molecule has 6 nitrogen and oxygen atoms in total. The summed E-state index contributed by atoms with van der Waals surface area (Å²) in [6, 6.07) is 14.2. The first kappa shape index (κ1) is 18.3. The van der Waals surface area contributed by atoms with Gasteiger partial charge in [-0.2, -0.15) is 0 Å². The molecule has 6 heteroatoms. The third kappa shape index (κ3) is 5.02. The molecule has 1 amide bonds. The van der Waals surface area contributed by atoms with Gasteiger partial charge < -0.3 is 10.2 Å². The van der Waals surface area contributed by atoms with Crippen molar-refractivity contribution in [3.63, 3.8) is 0 Å². The van der Waals surface area contributed by atoms with Crippen LogP contribution in [0.1, 0.15) is 29.9 Å². The van der Waals surface area contributed by atoms with Gasteiger partial charge in [-0.3, -0.25) is 9.69 Å². The Morgan fingerprint density at radius 1 is 1.04 bits per heavy atom. The molecular weight excluding hydrogens is 326 g/mol. The number of carbonyl (C=O) groups excluding carboxylic acids is 1. The Balaban J connectivity index is 1.50. The van der Waals surface area contributed by atoms with Crippen molar-refractivity contribution in [1.82, 2.24) is 20.4 Å². The van der Waals surface area contributed by atoms with Gasteiger partial charge in [0.25, 0.3) is 5.91 Å². The molecule has 0 bridgehead atoms. The molecule has 1 fully saturated rings. The van der Waals surface area contributed by atoms with Crippen LogP contribution in [0.4, 0.5) is 5.82 Å². The zero-order valence-electron chi connectivity index (χ0n) is 15.6. The first-order valence-corrected chi connectivity index (χ1v) is 9.25. The van der Waals surface area contributed by atoms with Crippen LogP contribution in [0.5, 0.6) is 0 Å². The predicted octanol–water partition coefficient (Wildman–Crippen LogP) is 2.18. The number of benzene rings is 1. The molecule has 1 saturated heterocycles. The van der Waals surface area contributed by atoms with Gasteiger partial charge in [0, 0.05) is 39.3 Å². The van der Waals surface area contributed by atoms with E-state index in [1.54, 1.807) is 6.07 Å². The minimum atomic E-state index is -0.162. The van der Waals surface area contributed by atoms with Crippen LogP contribution >= 0.6 is 0 Å². The van der Waals surface area contributed by atoms with E-state index in [0.717, 1.165) is 38.5 Å². The molecule has 0 spiro atoms. The van der Waals surface area contributed by atoms with E-state index in [-0.39, 0.29) is 5.91 Å². The molecule has 1 aliphatic heterocycles. The van der Waals surface area contributed by atoms with E-state index in [4.69, 9.17) is 0 Å². The van der Waals surface area contributed by atoms with Gasteiger partial charge in [-0.15, -0.1) is 10.2 Å². The Bertz CT molecular complexity index is 694. The van der Waals surface area contributed by atoms with Crippen molar-refractivity contribution >= 4 is 11.7 Å². The zero-order valence-corrected chi connectivity index (χ0v) is 15.6. The van der Waals surface area contributed by atoms with Crippen LogP contribution in [0.3, 0.4) is 0 Å². The highest BCUT2D eigenvalue weighted by Gasteiger charge is 2.19. The molecule has 26 heavy (non-hydrogen) atoms. The summed E-state index contributed by atoms with van der Waals surface area (Å²) < 4.78 is 0. The molecule has 0 unspecified atom stereocenters. The van der Waals surface area contributed by atoms with Gasteiger partial charge >= 0.3 is 0 Å². The number of amides is 1. The minimum absolute atomic E-state index is 0.162. The number of rotatable bonds is 6. The van der Waals surface area contributed by atoms with E-state index in [1.807, 2.05) is 12.1 Å². The first-order chi connectivity index (χ1) is 12.6. The van der Waals surface area contributed by atoms with Crippen molar-refractivity contribution in [3.8, 4) is 0 Å². The molecule has 1 aromatic heterocycles. The van der Waals surface area contributed by atoms with Crippen molar-refractivity contribution in [2.45, 2.75) is 20.4 Å². The molecule has 0 radical (unpaired) electrons. The molecular formula is C20H27N5O. The monoisotopic (exact) mass is 353 g/mol. The quantitative estimate of drug-likeness (QED) is 0.862. The van der Waals surface area contributed by atoms with Crippen molar-refractivity contribution in [3.05, 3.63) is 53.7 Å². The average Bonchev–Trinajstić information content (AvgIpc) is 2.68. The number of hydrogen-bond acceptors (Lipinski definition) is 5. The van der Waals surface area contributed by atoms with Crippen LogP contribution in [-0.4, -0.2) is 53.7 Å². The summed E-state index contributed by atoms with van der Waals surface area (Å²) in [5.74, 6) is 1.09. The first-order valence-electron chi connectivity index (χ1n) is 9.25. The summed E-state index contributed by atoms with van der Waals surface area (Å²) in [6.45, 7) is 9.57. The maximum absolute atomic E-state index is 12.0.